The molecule has 0 saturated heterocycles. The van der Waals surface area contributed by atoms with Crippen LogP contribution < -0.4 is 19.5 Å². The van der Waals surface area contributed by atoms with Crippen LogP contribution in [0.1, 0.15) is 22.4 Å². The van der Waals surface area contributed by atoms with Crippen molar-refractivity contribution in [2.75, 3.05) is 26.6 Å². The van der Waals surface area contributed by atoms with Gasteiger partial charge in [0.05, 0.1) is 27.5 Å². The smallest absolute Gasteiger partial charge is 0.203 e. The third kappa shape index (κ3) is 5.35. The van der Waals surface area contributed by atoms with Crippen LogP contribution in [0.4, 0.5) is 15.9 Å². The maximum Gasteiger partial charge on any atom is 0.203 e. The first-order chi connectivity index (χ1) is 17.3. The lowest BCUT2D eigenvalue weighted by Gasteiger charge is -2.15. The molecule has 8 nitrogen and oxygen atoms in total. The molecule has 0 spiro atoms. The van der Waals surface area contributed by atoms with Crippen LogP contribution >= 0.6 is 0 Å². The monoisotopic (exact) mass is 490 g/mol. The largest absolute Gasteiger partial charge is 0.493 e. The molecule has 0 unspecified atom stereocenters. The maximum absolute atomic E-state index is 13.5. The van der Waals surface area contributed by atoms with E-state index in [0.717, 1.165) is 11.1 Å². The third-order valence-electron chi connectivity index (χ3n) is 5.78. The molecule has 0 amide bonds. The number of ketones is 1. The van der Waals surface area contributed by atoms with Gasteiger partial charge in [-0.2, -0.15) is 0 Å². The summed E-state index contributed by atoms with van der Waals surface area (Å²) in [5.41, 5.74) is 4.50. The van der Waals surface area contributed by atoms with E-state index in [4.69, 9.17) is 14.2 Å². The quantitative estimate of drug-likeness (QED) is 0.354. The number of hydrogen-bond donors (Lipinski definition) is 1. The zero-order chi connectivity index (χ0) is 25.8. The Morgan fingerprint density at radius 3 is 2.31 bits per heavy atom. The summed E-state index contributed by atoms with van der Waals surface area (Å²) in [6.07, 6.45) is 2.02. The van der Waals surface area contributed by atoms with E-state index in [1.54, 1.807) is 58.7 Å². The van der Waals surface area contributed by atoms with Gasteiger partial charge in [0, 0.05) is 36.4 Å². The first-order valence-corrected chi connectivity index (χ1v) is 11.3. The maximum atomic E-state index is 13.5. The molecule has 1 N–H and O–H groups in total. The fraction of sp³-hybridized carbons (Fsp3) is 0.259. The van der Waals surface area contributed by atoms with Gasteiger partial charge >= 0.3 is 0 Å². The van der Waals surface area contributed by atoms with Crippen molar-refractivity contribution in [2.24, 2.45) is 0 Å². The number of nitrogens with one attached hydrogen (secondary N) is 1. The number of nitrogens with zero attached hydrogens (tertiary/aromatic N) is 3. The number of pyridine rings is 1. The molecule has 36 heavy (non-hydrogen) atoms. The SMILES string of the molecule is COc1cc(Nc2cnc3cc(CC(=O)Cc4ccc(F)c(C)c4)c(C)nc3n2)cc(OC)c1OC. The second-order valence-corrected chi connectivity index (χ2v) is 8.35. The average Bonchev–Trinajstić information content (AvgIpc) is 2.86. The molecular weight excluding hydrogens is 463 g/mol. The van der Waals surface area contributed by atoms with Gasteiger partial charge in [-0.05, 0) is 42.7 Å². The van der Waals surface area contributed by atoms with Gasteiger partial charge in [-0.1, -0.05) is 12.1 Å². The number of hydrogen-bond acceptors (Lipinski definition) is 8. The van der Waals surface area contributed by atoms with Crippen LogP contribution in [0.3, 0.4) is 0 Å². The molecular formula is C27H27FN4O4. The van der Waals surface area contributed by atoms with Gasteiger partial charge in [0.15, 0.2) is 23.0 Å². The first kappa shape index (κ1) is 24.8. The summed E-state index contributed by atoms with van der Waals surface area (Å²) >= 11 is 0. The van der Waals surface area contributed by atoms with E-state index < -0.39 is 0 Å². The minimum atomic E-state index is -0.279. The molecule has 4 rings (SSSR count). The Kier molecular flexibility index (Phi) is 7.28. The van der Waals surface area contributed by atoms with E-state index in [1.807, 2.05) is 13.0 Å². The Morgan fingerprint density at radius 2 is 1.67 bits per heavy atom. The number of benzene rings is 2. The van der Waals surface area contributed by atoms with Crippen molar-refractivity contribution in [3.8, 4) is 17.2 Å². The molecule has 2 aromatic carbocycles. The molecule has 2 aromatic heterocycles. The highest BCUT2D eigenvalue weighted by Crippen LogP contribution is 2.40. The van der Waals surface area contributed by atoms with Crippen molar-refractivity contribution in [3.05, 3.63) is 70.8 Å². The number of fused-ring (bicyclic) bond motifs is 1. The predicted octanol–water partition coefficient (Wildman–Crippen LogP) is 4.90. The van der Waals surface area contributed by atoms with Gasteiger partial charge in [-0.25, -0.2) is 19.3 Å². The summed E-state index contributed by atoms with van der Waals surface area (Å²) in [5, 5.41) is 3.19. The van der Waals surface area contributed by atoms with Crippen LogP contribution in [0, 0.1) is 19.7 Å². The van der Waals surface area contributed by atoms with Crippen LogP contribution in [0.2, 0.25) is 0 Å². The number of aromatic nitrogens is 3. The van der Waals surface area contributed by atoms with Gasteiger partial charge in [0.2, 0.25) is 5.75 Å². The molecule has 0 bridgehead atoms. The minimum Gasteiger partial charge on any atom is -0.493 e. The Morgan fingerprint density at radius 1 is 0.944 bits per heavy atom. The Balaban J connectivity index is 1.54. The number of aryl methyl sites for hydroxylation is 2. The number of ether oxygens (including phenoxy) is 3. The predicted molar refractivity (Wildman–Crippen MR) is 135 cm³/mol. The van der Waals surface area contributed by atoms with E-state index in [-0.39, 0.29) is 24.4 Å². The van der Waals surface area contributed by atoms with Gasteiger partial charge in [0.1, 0.15) is 17.1 Å². The highest BCUT2D eigenvalue weighted by atomic mass is 19.1. The molecule has 0 radical (unpaired) electrons. The molecule has 0 fully saturated rings. The van der Waals surface area contributed by atoms with Gasteiger partial charge < -0.3 is 19.5 Å². The molecule has 0 atom stereocenters. The number of halogens is 1. The summed E-state index contributed by atoms with van der Waals surface area (Å²) in [6, 6.07) is 10.1. The lowest BCUT2D eigenvalue weighted by Crippen LogP contribution is -2.09. The van der Waals surface area contributed by atoms with Crippen LogP contribution in [-0.2, 0) is 17.6 Å². The summed E-state index contributed by atoms with van der Waals surface area (Å²) in [7, 11) is 4.64. The van der Waals surface area contributed by atoms with E-state index in [2.05, 4.69) is 20.3 Å². The topological polar surface area (TPSA) is 95.5 Å². The lowest BCUT2D eigenvalue weighted by molar-refractivity contribution is -0.117. The number of carbonyl (C=O) groups is 1. The van der Waals surface area contributed by atoms with E-state index in [9.17, 15) is 9.18 Å². The van der Waals surface area contributed by atoms with Crippen molar-refractivity contribution in [1.29, 1.82) is 0 Å². The van der Waals surface area contributed by atoms with Crippen LogP contribution in [0.5, 0.6) is 17.2 Å². The molecule has 0 aliphatic heterocycles. The first-order valence-electron chi connectivity index (χ1n) is 11.3. The summed E-state index contributed by atoms with van der Waals surface area (Å²) < 4.78 is 29.7. The fourth-order valence-corrected chi connectivity index (χ4v) is 3.93. The van der Waals surface area contributed by atoms with Crippen molar-refractivity contribution in [3.63, 3.8) is 0 Å². The van der Waals surface area contributed by atoms with E-state index in [0.29, 0.717) is 51.2 Å². The van der Waals surface area contributed by atoms with E-state index >= 15 is 0 Å². The number of methoxy groups -OCH3 is 3. The third-order valence-corrected chi connectivity index (χ3v) is 5.78. The summed E-state index contributed by atoms with van der Waals surface area (Å²) in [4.78, 5) is 26.3. The van der Waals surface area contributed by atoms with Gasteiger partial charge in [-0.3, -0.25) is 4.79 Å². The van der Waals surface area contributed by atoms with Gasteiger partial charge in [-0.15, -0.1) is 0 Å². The molecule has 9 heteroatoms. The normalized spacial score (nSPS) is 10.8. The van der Waals surface area contributed by atoms with Crippen molar-refractivity contribution in [1.82, 2.24) is 15.0 Å². The Hall–Kier alpha value is -4.27. The van der Waals surface area contributed by atoms with Gasteiger partial charge in [0.25, 0.3) is 0 Å². The minimum absolute atomic E-state index is 0.0129. The second kappa shape index (κ2) is 10.6. The van der Waals surface area contributed by atoms with Crippen molar-refractivity contribution >= 4 is 28.5 Å². The van der Waals surface area contributed by atoms with Crippen molar-refractivity contribution < 1.29 is 23.4 Å². The van der Waals surface area contributed by atoms with Crippen LogP contribution in [0.15, 0.2) is 42.6 Å². The summed E-state index contributed by atoms with van der Waals surface area (Å²) in [6.45, 7) is 3.52. The molecule has 0 aliphatic carbocycles. The molecule has 186 valence electrons. The van der Waals surface area contributed by atoms with E-state index in [1.165, 1.54) is 6.07 Å². The molecule has 4 aromatic rings. The second-order valence-electron chi connectivity index (χ2n) is 8.35. The molecule has 0 saturated carbocycles. The average molecular weight is 491 g/mol. The molecule has 2 heterocycles. The Bertz CT molecular complexity index is 1420. The highest BCUT2D eigenvalue weighted by molar-refractivity contribution is 5.84. The highest BCUT2D eigenvalue weighted by Gasteiger charge is 2.15. The van der Waals surface area contributed by atoms with Crippen molar-refractivity contribution in [2.45, 2.75) is 26.7 Å². The number of anilines is 2. The van der Waals surface area contributed by atoms with Crippen LogP contribution in [-0.4, -0.2) is 42.1 Å². The summed E-state index contributed by atoms with van der Waals surface area (Å²) in [5.74, 6) is 1.72. The number of carbonyl (C=O) groups excluding carboxylic acids is 1. The standard InChI is InChI=1S/C27H27FN4O4/c1-15-8-17(6-7-21(15)28)9-20(33)10-18-11-22-27(30-16(18)2)32-25(14-29-22)31-19-12-23(34-3)26(36-5)24(13-19)35-4/h6-8,11-14H,9-10H2,1-5H3,(H,30,31,32). The van der Waals surface area contributed by atoms with Crippen LogP contribution in [0.25, 0.3) is 11.2 Å². The Labute approximate surface area is 208 Å². The molecule has 0 aliphatic rings. The zero-order valence-corrected chi connectivity index (χ0v) is 20.8. The lowest BCUT2D eigenvalue weighted by atomic mass is 10.0. The number of Topliss-reactive ketones (excluding diaryl/α,β-unsaturated/α-hetero) is 1. The zero-order valence-electron chi connectivity index (χ0n) is 20.8. The fourth-order valence-electron chi connectivity index (χ4n) is 3.93. The number of rotatable bonds is 9.